The van der Waals surface area contributed by atoms with Gasteiger partial charge in [-0.15, -0.1) is 0 Å². The third kappa shape index (κ3) is 8.88. The minimum atomic E-state index is -1.28. The van der Waals surface area contributed by atoms with Crippen molar-refractivity contribution >= 4 is 35.2 Å². The summed E-state index contributed by atoms with van der Waals surface area (Å²) in [6, 6.07) is 23.5. The second-order valence-electron chi connectivity index (χ2n) is 9.36. The van der Waals surface area contributed by atoms with Crippen LogP contribution in [-0.4, -0.2) is 34.9 Å². The van der Waals surface area contributed by atoms with E-state index in [1.807, 2.05) is 73.8 Å². The minimum absolute atomic E-state index is 0. The van der Waals surface area contributed by atoms with Crippen LogP contribution in [0, 0.1) is 6.92 Å². The number of aryl methyl sites for hydroxylation is 3. The third-order valence-electron chi connectivity index (χ3n) is 6.52. The molecule has 41 heavy (non-hydrogen) atoms. The van der Waals surface area contributed by atoms with Gasteiger partial charge in [0.2, 0.25) is 5.88 Å². The van der Waals surface area contributed by atoms with E-state index in [9.17, 15) is 14.7 Å². The molecular weight excluding hydrogens is 551 g/mol. The van der Waals surface area contributed by atoms with Crippen molar-refractivity contribution in [3.63, 3.8) is 0 Å². The second kappa shape index (κ2) is 15.7. The van der Waals surface area contributed by atoms with E-state index in [-0.39, 0.29) is 18.9 Å². The Bertz CT molecular complexity index is 1480. The summed E-state index contributed by atoms with van der Waals surface area (Å²) in [6.45, 7) is 1.99. The largest absolute Gasteiger partial charge is 1.00 e. The molecule has 9 heteroatoms. The van der Waals surface area contributed by atoms with Gasteiger partial charge in [0.15, 0.2) is 0 Å². The van der Waals surface area contributed by atoms with Crippen LogP contribution < -0.4 is 34.0 Å². The molecule has 4 aromatic rings. The first-order chi connectivity index (χ1) is 19.4. The molecule has 0 saturated heterocycles. The molecule has 206 valence electrons. The quantitative estimate of drug-likeness (QED) is 0.259. The first-order valence-corrected chi connectivity index (χ1v) is 14.7. The maximum atomic E-state index is 13.3. The number of hydrogen-bond acceptors (Lipinski definition) is 6. The summed E-state index contributed by atoms with van der Waals surface area (Å²) in [5, 5.41) is 14.8. The molecule has 1 amide bonds. The number of nitrogens with one attached hydrogen (secondary N) is 1. The normalized spacial score (nSPS) is 11.3. The summed E-state index contributed by atoms with van der Waals surface area (Å²) in [4.78, 5) is 29.3. The number of pyridine rings is 1. The molecule has 0 aliphatic heterocycles. The SMILES string of the molecule is CSCC[C@H](NC(=O)c1ccc(CCc2ccc(Oc3ccccc3Cl)nc2)cc1-c1ccccc1C)C(=O)[O-].[Li+]. The molecule has 4 rings (SSSR count). The van der Waals surface area contributed by atoms with Crippen LogP contribution in [0.5, 0.6) is 11.6 Å². The first kappa shape index (κ1) is 32.3. The number of nitrogens with zero attached hydrogens (tertiary/aromatic N) is 1. The molecule has 0 radical (unpaired) electrons. The van der Waals surface area contributed by atoms with Gasteiger partial charge in [-0.25, -0.2) is 4.98 Å². The topological polar surface area (TPSA) is 91.3 Å². The van der Waals surface area contributed by atoms with Crippen LogP contribution in [-0.2, 0) is 17.6 Å². The van der Waals surface area contributed by atoms with Gasteiger partial charge in [0.05, 0.1) is 17.0 Å². The number of ether oxygens (including phenoxy) is 1. The molecule has 1 N–H and O–H groups in total. The van der Waals surface area contributed by atoms with Gasteiger partial charge in [-0.05, 0) is 84.2 Å². The van der Waals surface area contributed by atoms with E-state index >= 15 is 0 Å². The number of aromatic nitrogens is 1. The maximum absolute atomic E-state index is 13.3. The van der Waals surface area contributed by atoms with Crippen LogP contribution in [0.4, 0.5) is 0 Å². The molecule has 0 aliphatic rings. The predicted molar refractivity (Wildman–Crippen MR) is 159 cm³/mol. The van der Waals surface area contributed by atoms with Gasteiger partial charge in [0.1, 0.15) is 5.75 Å². The van der Waals surface area contributed by atoms with Crippen LogP contribution in [0.2, 0.25) is 5.02 Å². The zero-order chi connectivity index (χ0) is 28.5. The number of halogens is 1. The second-order valence-corrected chi connectivity index (χ2v) is 10.8. The third-order valence-corrected chi connectivity index (χ3v) is 7.47. The molecule has 0 fully saturated rings. The van der Waals surface area contributed by atoms with Gasteiger partial charge in [-0.3, -0.25) is 4.79 Å². The zero-order valence-corrected chi connectivity index (χ0v) is 24.9. The van der Waals surface area contributed by atoms with E-state index in [1.165, 1.54) is 11.8 Å². The van der Waals surface area contributed by atoms with Crippen LogP contribution in [0.3, 0.4) is 0 Å². The number of carboxylic acid groups (broad SMARTS) is 1. The Labute approximate surface area is 262 Å². The van der Waals surface area contributed by atoms with E-state index in [0.29, 0.717) is 34.4 Å². The Morgan fingerprint density at radius 3 is 2.37 bits per heavy atom. The molecule has 3 aromatic carbocycles. The van der Waals surface area contributed by atoms with Crippen molar-refractivity contribution < 1.29 is 38.3 Å². The van der Waals surface area contributed by atoms with Crippen LogP contribution in [0.1, 0.15) is 33.5 Å². The summed E-state index contributed by atoms with van der Waals surface area (Å²) in [5.41, 5.74) is 5.21. The number of para-hydroxylation sites is 1. The number of carboxylic acids is 1. The molecule has 0 bridgehead atoms. The summed E-state index contributed by atoms with van der Waals surface area (Å²) < 4.78 is 5.78. The maximum Gasteiger partial charge on any atom is 1.00 e. The Morgan fingerprint density at radius 1 is 0.976 bits per heavy atom. The van der Waals surface area contributed by atoms with Crippen molar-refractivity contribution in [2.45, 2.75) is 32.2 Å². The summed E-state index contributed by atoms with van der Waals surface area (Å²) in [7, 11) is 0. The fraction of sp³-hybridized carbons (Fsp3) is 0.219. The molecule has 6 nitrogen and oxygen atoms in total. The van der Waals surface area contributed by atoms with Gasteiger partial charge in [0, 0.05) is 17.8 Å². The van der Waals surface area contributed by atoms with Gasteiger partial charge in [-0.1, -0.05) is 66.2 Å². The van der Waals surface area contributed by atoms with Gasteiger partial charge in [0.25, 0.3) is 5.91 Å². The number of rotatable bonds is 12. The Hall–Kier alpha value is -3.21. The first-order valence-electron chi connectivity index (χ1n) is 12.9. The Kier molecular flexibility index (Phi) is 12.4. The van der Waals surface area contributed by atoms with E-state index in [1.54, 1.807) is 24.4 Å². The number of aliphatic carboxylic acids is 1. The van der Waals surface area contributed by atoms with E-state index < -0.39 is 17.9 Å². The number of carbonyl (C=O) groups excluding carboxylic acids is 2. The summed E-state index contributed by atoms with van der Waals surface area (Å²) >= 11 is 7.69. The molecular formula is C32H30ClLiN2O4S. The molecule has 0 aliphatic carbocycles. The fourth-order valence-electron chi connectivity index (χ4n) is 4.31. The average molecular weight is 581 g/mol. The monoisotopic (exact) mass is 580 g/mol. The van der Waals surface area contributed by atoms with E-state index in [2.05, 4.69) is 10.3 Å². The smallest absolute Gasteiger partial charge is 0.548 e. The molecule has 0 spiro atoms. The van der Waals surface area contributed by atoms with Crippen LogP contribution in [0.15, 0.2) is 85.1 Å². The number of carbonyl (C=O) groups is 2. The number of thioether (sulfide) groups is 1. The molecule has 1 atom stereocenters. The molecule has 1 heterocycles. The average Bonchev–Trinajstić information content (AvgIpc) is 2.96. The molecule has 1 aromatic heterocycles. The number of amides is 1. The fourth-order valence-corrected chi connectivity index (χ4v) is 4.96. The Morgan fingerprint density at radius 2 is 1.68 bits per heavy atom. The van der Waals surface area contributed by atoms with Crippen molar-refractivity contribution in [1.82, 2.24) is 10.3 Å². The van der Waals surface area contributed by atoms with Crippen molar-refractivity contribution in [2.24, 2.45) is 0 Å². The summed E-state index contributed by atoms with van der Waals surface area (Å²) in [5.74, 6) is -0.106. The zero-order valence-electron chi connectivity index (χ0n) is 23.4. The molecule has 0 unspecified atom stereocenters. The van der Waals surface area contributed by atoms with Crippen molar-refractivity contribution in [2.75, 3.05) is 12.0 Å². The van der Waals surface area contributed by atoms with E-state index in [0.717, 1.165) is 40.7 Å². The van der Waals surface area contributed by atoms with Crippen molar-refractivity contribution in [3.8, 4) is 22.8 Å². The predicted octanol–water partition coefficient (Wildman–Crippen LogP) is 2.89. The Balaban J connectivity index is 0.00000462. The van der Waals surface area contributed by atoms with Gasteiger partial charge in [-0.2, -0.15) is 11.8 Å². The molecule has 0 saturated carbocycles. The number of benzene rings is 3. The standard InChI is InChI=1S/C32H31ClN2O4S.Li/c1-21-7-3-4-8-24(21)26-19-22(13-15-25(26)31(36)35-28(32(37)38)17-18-40-2)11-12-23-14-16-30(34-20-23)39-29-10-6-5-9-27(29)33;/h3-10,13-16,19-20,28H,11-12,17-18H2,1-2H3,(H,35,36)(H,37,38);/q;+1/p-1/t28-;/m0./s1. The van der Waals surface area contributed by atoms with Crippen LogP contribution in [0.25, 0.3) is 11.1 Å². The number of hydrogen-bond donors (Lipinski definition) is 1. The van der Waals surface area contributed by atoms with Gasteiger partial charge < -0.3 is 20.0 Å². The van der Waals surface area contributed by atoms with Gasteiger partial charge >= 0.3 is 18.9 Å². The van der Waals surface area contributed by atoms with Crippen molar-refractivity contribution in [3.05, 3.63) is 112 Å². The summed E-state index contributed by atoms with van der Waals surface area (Å²) in [6.07, 6.45) is 5.43. The van der Waals surface area contributed by atoms with E-state index in [4.69, 9.17) is 16.3 Å². The van der Waals surface area contributed by atoms with Crippen molar-refractivity contribution in [1.29, 1.82) is 0 Å². The minimum Gasteiger partial charge on any atom is -0.548 e. The van der Waals surface area contributed by atoms with Crippen LogP contribution >= 0.6 is 23.4 Å².